The van der Waals surface area contributed by atoms with Crippen molar-refractivity contribution in [1.82, 2.24) is 10.2 Å². The first kappa shape index (κ1) is 22.7. The van der Waals surface area contributed by atoms with Crippen LogP contribution in [0.25, 0.3) is 0 Å². The predicted molar refractivity (Wildman–Crippen MR) is 117 cm³/mol. The van der Waals surface area contributed by atoms with Crippen LogP contribution in [0.5, 0.6) is 0 Å². The van der Waals surface area contributed by atoms with Gasteiger partial charge in [-0.15, -0.1) is 16.8 Å². The smallest absolute Gasteiger partial charge is 0.250 e. The van der Waals surface area contributed by atoms with E-state index < -0.39 is 22.0 Å². The van der Waals surface area contributed by atoms with Crippen LogP contribution in [0, 0.1) is 6.92 Å². The number of aromatic nitrogens is 2. The Kier molecular flexibility index (Phi) is 7.87. The summed E-state index contributed by atoms with van der Waals surface area (Å²) in [5.41, 5.74) is 1.07. The van der Waals surface area contributed by atoms with Crippen molar-refractivity contribution in [3.63, 3.8) is 0 Å². The molecule has 152 valence electrons. The summed E-state index contributed by atoms with van der Waals surface area (Å²) in [4.78, 5) is 12.9. The van der Waals surface area contributed by atoms with Gasteiger partial charge >= 0.3 is 0 Å². The molecule has 7 nitrogen and oxygen atoms in total. The van der Waals surface area contributed by atoms with Crippen LogP contribution in [0.4, 0.5) is 10.8 Å². The van der Waals surface area contributed by atoms with Crippen molar-refractivity contribution in [3.8, 4) is 0 Å². The number of amides is 1. The second-order valence-electron chi connectivity index (χ2n) is 5.88. The monoisotopic (exact) mass is 460 g/mol. The topological polar surface area (TPSA) is 92.3 Å². The summed E-state index contributed by atoms with van der Waals surface area (Å²) in [6.07, 6.45) is 3.08. The first-order valence-electron chi connectivity index (χ1n) is 8.31. The SMILES string of the molecule is C=CCSc1nnc(NC(=O)[C@H](CC)N(c2cc(Cl)ccc2C)S(C)(=O)=O)s1. The molecule has 2 aromatic rings. The summed E-state index contributed by atoms with van der Waals surface area (Å²) in [6, 6.07) is 3.98. The maximum Gasteiger partial charge on any atom is 0.250 e. The molecule has 0 aliphatic heterocycles. The molecule has 0 spiro atoms. The first-order chi connectivity index (χ1) is 13.2. The lowest BCUT2D eigenvalue weighted by atomic mass is 10.1. The van der Waals surface area contributed by atoms with E-state index in [2.05, 4.69) is 22.1 Å². The van der Waals surface area contributed by atoms with Crippen LogP contribution in [0.15, 0.2) is 35.2 Å². The molecule has 1 atom stereocenters. The van der Waals surface area contributed by atoms with E-state index in [4.69, 9.17) is 11.6 Å². The van der Waals surface area contributed by atoms with Gasteiger partial charge in [-0.25, -0.2) is 8.42 Å². The van der Waals surface area contributed by atoms with Crippen LogP contribution < -0.4 is 9.62 Å². The van der Waals surface area contributed by atoms with E-state index in [1.165, 1.54) is 23.1 Å². The zero-order valence-electron chi connectivity index (χ0n) is 15.7. The average Bonchev–Trinajstić information content (AvgIpc) is 3.06. The minimum Gasteiger partial charge on any atom is -0.299 e. The number of aryl methyl sites for hydroxylation is 1. The zero-order chi connectivity index (χ0) is 20.9. The number of carbonyl (C=O) groups excluding carboxylic acids is 1. The van der Waals surface area contributed by atoms with Gasteiger partial charge in [0.2, 0.25) is 21.1 Å². The number of thioether (sulfide) groups is 1. The van der Waals surface area contributed by atoms with E-state index in [1.54, 1.807) is 38.1 Å². The van der Waals surface area contributed by atoms with Crippen LogP contribution in [0.3, 0.4) is 0 Å². The molecule has 2 rings (SSSR count). The number of rotatable bonds is 9. The maximum atomic E-state index is 12.9. The summed E-state index contributed by atoms with van der Waals surface area (Å²) in [5.74, 6) is 0.194. The van der Waals surface area contributed by atoms with Gasteiger partial charge in [-0.3, -0.25) is 14.4 Å². The highest BCUT2D eigenvalue weighted by atomic mass is 35.5. The molecule has 0 bridgehead atoms. The van der Waals surface area contributed by atoms with Crippen molar-refractivity contribution in [2.75, 3.05) is 21.6 Å². The van der Waals surface area contributed by atoms with Gasteiger partial charge < -0.3 is 0 Å². The summed E-state index contributed by atoms with van der Waals surface area (Å²) in [5, 5.41) is 11.3. The molecule has 1 aromatic heterocycles. The van der Waals surface area contributed by atoms with Crippen molar-refractivity contribution in [3.05, 3.63) is 41.4 Å². The molecule has 0 unspecified atom stereocenters. The zero-order valence-corrected chi connectivity index (χ0v) is 18.9. The molecule has 28 heavy (non-hydrogen) atoms. The third-order valence-electron chi connectivity index (χ3n) is 3.70. The number of carbonyl (C=O) groups is 1. The van der Waals surface area contributed by atoms with Gasteiger partial charge in [0.25, 0.3) is 0 Å². The minimum atomic E-state index is -3.75. The predicted octanol–water partition coefficient (Wildman–Crippen LogP) is 3.96. The molecule has 1 amide bonds. The van der Waals surface area contributed by atoms with Gasteiger partial charge in [0, 0.05) is 10.8 Å². The van der Waals surface area contributed by atoms with Crippen LogP contribution in [-0.2, 0) is 14.8 Å². The number of halogens is 1. The molecule has 0 saturated heterocycles. The Labute approximate surface area is 178 Å². The molecular weight excluding hydrogens is 440 g/mol. The fraction of sp³-hybridized carbons (Fsp3) is 0.353. The van der Waals surface area contributed by atoms with Crippen molar-refractivity contribution >= 4 is 61.4 Å². The second kappa shape index (κ2) is 9.73. The van der Waals surface area contributed by atoms with Gasteiger partial charge in [-0.05, 0) is 31.0 Å². The normalized spacial score (nSPS) is 12.4. The van der Waals surface area contributed by atoms with Gasteiger partial charge in [-0.1, -0.05) is 53.8 Å². The number of nitrogens with one attached hydrogen (secondary N) is 1. The molecule has 1 aromatic carbocycles. The molecule has 11 heteroatoms. The van der Waals surface area contributed by atoms with Crippen molar-refractivity contribution in [1.29, 1.82) is 0 Å². The van der Waals surface area contributed by atoms with Crippen molar-refractivity contribution in [2.45, 2.75) is 30.6 Å². The number of sulfonamides is 1. The van der Waals surface area contributed by atoms with E-state index >= 15 is 0 Å². The third kappa shape index (κ3) is 5.69. The summed E-state index contributed by atoms with van der Waals surface area (Å²) >= 11 is 8.73. The Bertz CT molecular complexity index is 962. The fourth-order valence-electron chi connectivity index (χ4n) is 2.49. The van der Waals surface area contributed by atoms with E-state index in [-0.39, 0.29) is 6.42 Å². The van der Waals surface area contributed by atoms with E-state index in [0.29, 0.717) is 31.5 Å². The Morgan fingerprint density at radius 1 is 1.46 bits per heavy atom. The van der Waals surface area contributed by atoms with E-state index in [0.717, 1.165) is 10.6 Å². The molecule has 1 heterocycles. The van der Waals surface area contributed by atoms with Crippen molar-refractivity contribution < 1.29 is 13.2 Å². The first-order valence-corrected chi connectivity index (χ1v) is 12.3. The quantitative estimate of drug-likeness (QED) is 0.346. The second-order valence-corrected chi connectivity index (χ2v) is 10.4. The number of hydrogen-bond donors (Lipinski definition) is 1. The van der Waals surface area contributed by atoms with E-state index in [9.17, 15) is 13.2 Å². The molecule has 0 saturated carbocycles. The lowest BCUT2D eigenvalue weighted by molar-refractivity contribution is -0.117. The molecule has 0 aliphatic rings. The lowest BCUT2D eigenvalue weighted by Crippen LogP contribution is -2.47. The highest BCUT2D eigenvalue weighted by Crippen LogP contribution is 2.30. The van der Waals surface area contributed by atoms with Crippen molar-refractivity contribution in [2.24, 2.45) is 0 Å². The van der Waals surface area contributed by atoms with Gasteiger partial charge in [0.1, 0.15) is 6.04 Å². The summed E-state index contributed by atoms with van der Waals surface area (Å²) in [6.45, 7) is 7.15. The third-order valence-corrected chi connectivity index (χ3v) is 7.07. The Morgan fingerprint density at radius 3 is 2.79 bits per heavy atom. The summed E-state index contributed by atoms with van der Waals surface area (Å²) < 4.78 is 26.9. The maximum absolute atomic E-state index is 12.9. The van der Waals surface area contributed by atoms with Gasteiger partial charge in [0.15, 0.2) is 4.34 Å². The molecule has 0 aliphatic carbocycles. The summed E-state index contributed by atoms with van der Waals surface area (Å²) in [7, 11) is -3.75. The number of hydrogen-bond acceptors (Lipinski definition) is 7. The van der Waals surface area contributed by atoms with Crippen LogP contribution in [-0.4, -0.2) is 42.6 Å². The molecule has 0 fully saturated rings. The Balaban J connectivity index is 2.33. The number of benzene rings is 1. The van der Waals surface area contributed by atoms with Crippen LogP contribution in [0.1, 0.15) is 18.9 Å². The highest BCUT2D eigenvalue weighted by molar-refractivity contribution is 8.01. The largest absolute Gasteiger partial charge is 0.299 e. The Morgan fingerprint density at radius 2 is 2.18 bits per heavy atom. The Hall–Kier alpha value is -1.62. The molecule has 0 radical (unpaired) electrons. The highest BCUT2D eigenvalue weighted by Gasteiger charge is 2.33. The van der Waals surface area contributed by atoms with E-state index in [1.807, 2.05) is 0 Å². The fourth-order valence-corrected chi connectivity index (χ4v) is 5.44. The van der Waals surface area contributed by atoms with Gasteiger partial charge in [-0.2, -0.15) is 0 Å². The molecular formula is C17H21ClN4O3S3. The lowest BCUT2D eigenvalue weighted by Gasteiger charge is -2.31. The molecule has 1 N–H and O–H groups in total. The standard InChI is InChI=1S/C17H21ClN4O3S3/c1-5-9-26-17-21-20-16(27-17)19-15(23)13(6-2)22(28(4,24)25)14-10-12(18)8-7-11(14)3/h5,7-8,10,13H,1,6,9H2,2-4H3,(H,19,20,23)/t13-/m0/s1. The number of anilines is 2. The minimum absolute atomic E-state index is 0.266. The van der Waals surface area contributed by atoms with Gasteiger partial charge in [0.05, 0.1) is 11.9 Å². The number of nitrogens with zero attached hydrogens (tertiary/aromatic N) is 3. The van der Waals surface area contributed by atoms with Crippen LogP contribution >= 0.6 is 34.7 Å². The average molecular weight is 461 g/mol. The van der Waals surface area contributed by atoms with Crippen LogP contribution in [0.2, 0.25) is 5.02 Å².